The maximum atomic E-state index is 13.4. The van der Waals surface area contributed by atoms with E-state index in [-0.39, 0.29) is 35.5 Å². The summed E-state index contributed by atoms with van der Waals surface area (Å²) in [5.74, 6) is -0.837. The number of hydrogen-bond donors (Lipinski definition) is 2. The highest BCUT2D eigenvalue weighted by molar-refractivity contribution is 6.43. The SMILES string of the molecule is CCCN1C(=O)[C@@H]2[C@@H](CC(C)=C3[C@@H](CC/C(=C/c4ccc(O)c5ccccc45)c4ccccc4)OB(O)C[C@@H]32)C1=O. The molecule has 3 aromatic carbocycles. The molecule has 2 amide bonds. The average Bonchev–Trinajstić information content (AvgIpc) is 3.21. The van der Waals surface area contributed by atoms with Crippen molar-refractivity contribution in [2.75, 3.05) is 6.54 Å². The van der Waals surface area contributed by atoms with Crippen LogP contribution in [-0.4, -0.2) is 46.6 Å². The Morgan fingerprint density at radius 2 is 1.73 bits per heavy atom. The minimum absolute atomic E-state index is 0.0618. The zero-order chi connectivity index (χ0) is 28.7. The summed E-state index contributed by atoms with van der Waals surface area (Å²) in [5, 5.41) is 23.0. The smallest absolute Gasteiger partial charge is 0.455 e. The normalized spacial score (nSPS) is 24.7. The van der Waals surface area contributed by atoms with E-state index in [9.17, 15) is 19.7 Å². The first-order valence-corrected chi connectivity index (χ1v) is 14.7. The Morgan fingerprint density at radius 3 is 2.49 bits per heavy atom. The van der Waals surface area contributed by atoms with E-state index in [2.05, 4.69) is 25.1 Å². The van der Waals surface area contributed by atoms with Crippen molar-refractivity contribution in [2.24, 2.45) is 17.8 Å². The summed E-state index contributed by atoms with van der Waals surface area (Å²) in [6.45, 7) is 4.49. The van der Waals surface area contributed by atoms with Crippen LogP contribution in [0.1, 0.15) is 50.7 Å². The van der Waals surface area contributed by atoms with Gasteiger partial charge < -0.3 is 14.8 Å². The molecule has 4 atom stereocenters. The molecule has 2 N–H and O–H groups in total. The quantitative estimate of drug-likeness (QED) is 0.161. The fraction of sp³-hybridized carbons (Fsp3) is 0.353. The molecule has 0 spiro atoms. The number of allylic oxidation sites excluding steroid dienone is 2. The van der Waals surface area contributed by atoms with Crippen LogP contribution < -0.4 is 0 Å². The number of phenols is 1. The van der Waals surface area contributed by atoms with Gasteiger partial charge in [0, 0.05) is 11.9 Å². The van der Waals surface area contributed by atoms with Crippen LogP contribution >= 0.6 is 0 Å². The molecule has 0 saturated carbocycles. The second-order valence-electron chi connectivity index (χ2n) is 11.6. The molecule has 3 aromatic rings. The zero-order valence-electron chi connectivity index (χ0n) is 23.6. The van der Waals surface area contributed by atoms with Crippen LogP contribution in [0.5, 0.6) is 5.75 Å². The van der Waals surface area contributed by atoms with Crippen molar-refractivity contribution >= 4 is 41.4 Å². The van der Waals surface area contributed by atoms with Crippen LogP contribution in [0.15, 0.2) is 77.9 Å². The second kappa shape index (κ2) is 11.3. The molecule has 41 heavy (non-hydrogen) atoms. The van der Waals surface area contributed by atoms with Crippen molar-refractivity contribution in [3.8, 4) is 5.75 Å². The Hall–Kier alpha value is -3.68. The topological polar surface area (TPSA) is 87.1 Å². The van der Waals surface area contributed by atoms with Crippen LogP contribution in [-0.2, 0) is 14.2 Å². The van der Waals surface area contributed by atoms with Gasteiger partial charge in [-0.3, -0.25) is 14.5 Å². The van der Waals surface area contributed by atoms with Gasteiger partial charge in [0.1, 0.15) is 5.75 Å². The van der Waals surface area contributed by atoms with Gasteiger partial charge in [-0.15, -0.1) is 0 Å². The molecule has 7 heteroatoms. The number of aromatic hydroxyl groups is 1. The fourth-order valence-electron chi connectivity index (χ4n) is 7.29. The van der Waals surface area contributed by atoms with Gasteiger partial charge in [0.15, 0.2) is 0 Å². The largest absolute Gasteiger partial charge is 0.507 e. The van der Waals surface area contributed by atoms with Crippen LogP contribution in [0.3, 0.4) is 0 Å². The maximum absolute atomic E-state index is 13.4. The molecular formula is C34H36BNO5. The molecule has 2 aliphatic heterocycles. The summed E-state index contributed by atoms with van der Waals surface area (Å²) >= 11 is 0. The first-order valence-electron chi connectivity index (χ1n) is 14.7. The van der Waals surface area contributed by atoms with Crippen LogP contribution in [0.2, 0.25) is 6.32 Å². The number of carbonyl (C=O) groups excluding carboxylic acids is 2. The standard InChI is InChI=1S/C34H36BNO5/c1-3-17-36-33(38)27-18-21(2)31-28(32(27)34(36)39)20-35(40)41-30(31)16-14-23(22-9-5-4-6-10-22)19-24-13-15-29(37)26-12-8-7-11-25(24)26/h4-13,15,19,27-28,30,32,37,40H,3,14,16-18,20H2,1-2H3/b23-19-/t27-,28+,30-,32-/m1/s1. The average molecular weight is 549 g/mol. The summed E-state index contributed by atoms with van der Waals surface area (Å²) < 4.78 is 6.16. The number of carbonyl (C=O) groups is 2. The van der Waals surface area contributed by atoms with Gasteiger partial charge in [-0.05, 0) is 78.6 Å². The van der Waals surface area contributed by atoms with E-state index >= 15 is 0 Å². The molecule has 2 saturated heterocycles. The molecular weight excluding hydrogens is 513 g/mol. The van der Waals surface area contributed by atoms with Crippen LogP contribution in [0, 0.1) is 17.8 Å². The third-order valence-electron chi connectivity index (χ3n) is 9.08. The lowest BCUT2D eigenvalue weighted by Gasteiger charge is -2.42. The number of hydrogen-bond acceptors (Lipinski definition) is 5. The monoisotopic (exact) mass is 549 g/mol. The van der Waals surface area contributed by atoms with E-state index in [1.54, 1.807) is 6.07 Å². The Labute approximate surface area is 241 Å². The predicted octanol–water partition coefficient (Wildman–Crippen LogP) is 6.09. The van der Waals surface area contributed by atoms with Crippen LogP contribution in [0.25, 0.3) is 22.4 Å². The zero-order valence-corrected chi connectivity index (χ0v) is 23.6. The molecule has 6 rings (SSSR count). The molecule has 0 aromatic heterocycles. The second-order valence-corrected chi connectivity index (χ2v) is 11.6. The predicted molar refractivity (Wildman–Crippen MR) is 162 cm³/mol. The number of benzene rings is 3. The summed E-state index contributed by atoms with van der Waals surface area (Å²) in [6.07, 6.45) is 4.80. The van der Waals surface area contributed by atoms with Gasteiger partial charge in [0.25, 0.3) is 0 Å². The molecule has 0 unspecified atom stereocenters. The van der Waals surface area contributed by atoms with E-state index in [0.29, 0.717) is 32.1 Å². The molecule has 6 nitrogen and oxygen atoms in total. The third-order valence-corrected chi connectivity index (χ3v) is 9.08. The van der Waals surface area contributed by atoms with Gasteiger partial charge in [-0.1, -0.05) is 79.2 Å². The van der Waals surface area contributed by atoms with Gasteiger partial charge in [0.05, 0.1) is 17.9 Å². The molecule has 1 aliphatic carbocycles. The number of nitrogens with zero attached hydrogens (tertiary/aromatic N) is 1. The van der Waals surface area contributed by atoms with Crippen molar-refractivity contribution in [1.29, 1.82) is 0 Å². The number of likely N-dealkylation sites (tertiary alicyclic amines) is 1. The molecule has 3 aliphatic rings. The first-order chi connectivity index (χ1) is 19.9. The molecule has 210 valence electrons. The van der Waals surface area contributed by atoms with Crippen molar-refractivity contribution in [2.45, 2.75) is 52.0 Å². The Bertz CT molecular complexity index is 1550. The van der Waals surface area contributed by atoms with Crippen molar-refractivity contribution in [3.05, 3.63) is 89.0 Å². The lowest BCUT2D eigenvalue weighted by molar-refractivity contribution is -0.140. The summed E-state index contributed by atoms with van der Waals surface area (Å²) in [6, 6.07) is 21.7. The molecule has 0 bridgehead atoms. The molecule has 2 fully saturated rings. The summed E-state index contributed by atoms with van der Waals surface area (Å²) in [5.41, 5.74) is 5.44. The van der Waals surface area contributed by atoms with Crippen molar-refractivity contribution < 1.29 is 24.4 Å². The van der Waals surface area contributed by atoms with Crippen molar-refractivity contribution in [3.63, 3.8) is 0 Å². The van der Waals surface area contributed by atoms with Gasteiger partial charge in [0.2, 0.25) is 11.8 Å². The Morgan fingerprint density at radius 1 is 1.00 bits per heavy atom. The van der Waals surface area contributed by atoms with Crippen LogP contribution in [0.4, 0.5) is 0 Å². The Balaban J connectivity index is 1.33. The van der Waals surface area contributed by atoms with E-state index in [1.165, 1.54) is 4.90 Å². The summed E-state index contributed by atoms with van der Waals surface area (Å²) in [7, 11) is -0.978. The maximum Gasteiger partial charge on any atom is 0.455 e. The highest BCUT2D eigenvalue weighted by atomic mass is 16.5. The summed E-state index contributed by atoms with van der Waals surface area (Å²) in [4.78, 5) is 28.0. The molecule has 0 radical (unpaired) electrons. The number of amides is 2. The first kappa shape index (κ1) is 27.5. The minimum atomic E-state index is -0.978. The highest BCUT2D eigenvalue weighted by Gasteiger charge is 2.56. The van der Waals surface area contributed by atoms with Gasteiger partial charge in [-0.25, -0.2) is 0 Å². The van der Waals surface area contributed by atoms with Gasteiger partial charge in [-0.2, -0.15) is 0 Å². The van der Waals surface area contributed by atoms with E-state index < -0.39 is 13.0 Å². The molecule has 2 heterocycles. The lowest BCUT2D eigenvalue weighted by Crippen LogP contribution is -2.46. The highest BCUT2D eigenvalue weighted by Crippen LogP contribution is 2.50. The number of rotatable bonds is 7. The number of fused-ring (bicyclic) bond motifs is 4. The number of imide groups is 1. The van der Waals surface area contributed by atoms with E-state index in [0.717, 1.165) is 45.0 Å². The van der Waals surface area contributed by atoms with Crippen molar-refractivity contribution in [1.82, 2.24) is 4.90 Å². The third kappa shape index (κ3) is 5.02. The Kier molecular flexibility index (Phi) is 7.58. The van der Waals surface area contributed by atoms with E-state index in [4.69, 9.17) is 4.65 Å². The van der Waals surface area contributed by atoms with Gasteiger partial charge >= 0.3 is 7.12 Å². The fourth-order valence-corrected chi connectivity index (χ4v) is 7.29. The number of phenolic OH excluding ortho intramolecular Hbond substituents is 1. The van der Waals surface area contributed by atoms with E-state index in [1.807, 2.05) is 55.5 Å². The minimum Gasteiger partial charge on any atom is -0.507 e. The lowest BCUT2D eigenvalue weighted by atomic mass is 9.58.